The lowest BCUT2D eigenvalue weighted by Gasteiger charge is -2.47. The molecule has 122 valence electrons. The van der Waals surface area contributed by atoms with Crippen LogP contribution >= 0.6 is 0 Å². The van der Waals surface area contributed by atoms with E-state index in [0.717, 1.165) is 31.6 Å². The molecule has 0 bridgehead atoms. The minimum Gasteiger partial charge on any atom is -0.467 e. The number of likely N-dealkylation sites (tertiary alicyclic amines) is 1. The van der Waals surface area contributed by atoms with Gasteiger partial charge in [0.05, 0.1) is 11.8 Å². The first-order valence-corrected chi connectivity index (χ1v) is 8.12. The molecule has 1 N–H and O–H groups in total. The van der Waals surface area contributed by atoms with Gasteiger partial charge in [-0.1, -0.05) is 0 Å². The first-order chi connectivity index (χ1) is 10.3. The van der Waals surface area contributed by atoms with Crippen molar-refractivity contribution >= 4 is 6.09 Å². The molecule has 1 saturated heterocycles. The third-order valence-electron chi connectivity index (χ3n) is 4.63. The fourth-order valence-corrected chi connectivity index (χ4v) is 3.50. The molecule has 5 nitrogen and oxygen atoms in total. The van der Waals surface area contributed by atoms with Crippen LogP contribution in [0.2, 0.25) is 0 Å². The zero-order valence-corrected chi connectivity index (χ0v) is 13.9. The third-order valence-corrected chi connectivity index (χ3v) is 4.63. The highest BCUT2D eigenvalue weighted by Gasteiger charge is 2.46. The molecule has 22 heavy (non-hydrogen) atoms. The van der Waals surface area contributed by atoms with Crippen molar-refractivity contribution in [3.05, 3.63) is 23.7 Å². The molecule has 2 aliphatic heterocycles. The molecule has 0 aromatic carbocycles. The lowest BCUT2D eigenvalue weighted by atomic mass is 9.80. The smallest absolute Gasteiger partial charge is 0.410 e. The van der Waals surface area contributed by atoms with E-state index >= 15 is 0 Å². The molecule has 0 radical (unpaired) electrons. The van der Waals surface area contributed by atoms with Crippen molar-refractivity contribution < 1.29 is 13.9 Å². The van der Waals surface area contributed by atoms with Crippen molar-refractivity contribution in [2.24, 2.45) is 0 Å². The number of piperidine rings is 1. The minimum atomic E-state index is -0.475. The quantitative estimate of drug-likeness (QED) is 0.800. The first-order valence-electron chi connectivity index (χ1n) is 8.12. The van der Waals surface area contributed by atoms with Gasteiger partial charge < -0.3 is 19.4 Å². The summed E-state index contributed by atoms with van der Waals surface area (Å²) in [6.07, 6.45) is 4.42. The van der Waals surface area contributed by atoms with Gasteiger partial charge in [0.25, 0.3) is 0 Å². The van der Waals surface area contributed by atoms with Gasteiger partial charge in [0.15, 0.2) is 0 Å². The molecule has 1 spiro atoms. The normalized spacial score (nSPS) is 28.5. The van der Waals surface area contributed by atoms with Crippen LogP contribution in [0.1, 0.15) is 51.9 Å². The fourth-order valence-electron chi connectivity index (χ4n) is 3.50. The van der Waals surface area contributed by atoms with Crippen LogP contribution in [0.4, 0.5) is 4.79 Å². The SMILES string of the molecule is CC1CCC2(CN1C(=O)OC(C)(C)C)NCCc1ccoc12. The van der Waals surface area contributed by atoms with E-state index in [-0.39, 0.29) is 17.7 Å². The molecule has 1 amide bonds. The molecular formula is C17H26N2O3. The lowest BCUT2D eigenvalue weighted by Crippen LogP contribution is -2.60. The predicted molar refractivity (Wildman–Crippen MR) is 83.7 cm³/mol. The third kappa shape index (κ3) is 2.74. The van der Waals surface area contributed by atoms with Gasteiger partial charge in [-0.15, -0.1) is 0 Å². The summed E-state index contributed by atoms with van der Waals surface area (Å²) >= 11 is 0. The molecule has 3 rings (SSSR count). The zero-order chi connectivity index (χ0) is 16.0. The minimum absolute atomic E-state index is 0.183. The summed E-state index contributed by atoms with van der Waals surface area (Å²) in [4.78, 5) is 14.4. The van der Waals surface area contributed by atoms with Gasteiger partial charge in [-0.25, -0.2) is 4.79 Å². The van der Waals surface area contributed by atoms with E-state index in [0.29, 0.717) is 6.54 Å². The number of carbonyl (C=O) groups is 1. The summed E-state index contributed by atoms with van der Waals surface area (Å²) < 4.78 is 11.4. The Labute approximate surface area is 132 Å². The molecular weight excluding hydrogens is 280 g/mol. The molecule has 5 heteroatoms. The number of ether oxygens (including phenoxy) is 1. The molecule has 2 aliphatic rings. The summed E-state index contributed by atoms with van der Waals surface area (Å²) in [5.41, 5.74) is 0.523. The Bertz CT molecular complexity index is 560. The van der Waals surface area contributed by atoms with Crippen molar-refractivity contribution in [1.29, 1.82) is 0 Å². The summed E-state index contributed by atoms with van der Waals surface area (Å²) in [7, 11) is 0. The molecule has 3 heterocycles. The molecule has 0 saturated carbocycles. The average molecular weight is 306 g/mol. The average Bonchev–Trinajstić information content (AvgIpc) is 2.90. The molecule has 1 aromatic heterocycles. The van der Waals surface area contributed by atoms with E-state index in [1.54, 1.807) is 6.26 Å². The number of hydrogen-bond acceptors (Lipinski definition) is 4. The zero-order valence-electron chi connectivity index (χ0n) is 13.9. The Morgan fingerprint density at radius 1 is 1.50 bits per heavy atom. The summed E-state index contributed by atoms with van der Waals surface area (Å²) in [6.45, 7) is 9.31. The van der Waals surface area contributed by atoms with Crippen molar-refractivity contribution in [2.75, 3.05) is 13.1 Å². The second-order valence-corrected chi connectivity index (χ2v) is 7.53. The van der Waals surface area contributed by atoms with E-state index in [9.17, 15) is 4.79 Å². The number of amides is 1. The van der Waals surface area contributed by atoms with Crippen LogP contribution in [-0.4, -0.2) is 35.7 Å². The number of rotatable bonds is 0. The van der Waals surface area contributed by atoms with Crippen LogP contribution in [0, 0.1) is 0 Å². The highest BCUT2D eigenvalue weighted by molar-refractivity contribution is 5.69. The van der Waals surface area contributed by atoms with Gasteiger partial charge in [-0.05, 0) is 58.6 Å². The molecule has 2 atom stereocenters. The summed E-state index contributed by atoms with van der Waals surface area (Å²) in [6, 6.07) is 2.23. The van der Waals surface area contributed by atoms with Gasteiger partial charge in [0.2, 0.25) is 0 Å². The molecule has 2 unspecified atom stereocenters. The van der Waals surface area contributed by atoms with Crippen LogP contribution in [0.3, 0.4) is 0 Å². The molecule has 1 fully saturated rings. The van der Waals surface area contributed by atoms with Crippen molar-refractivity contribution in [3.63, 3.8) is 0 Å². The van der Waals surface area contributed by atoms with Crippen LogP contribution in [0.15, 0.2) is 16.7 Å². The number of carbonyl (C=O) groups excluding carboxylic acids is 1. The van der Waals surface area contributed by atoms with E-state index in [1.165, 1.54) is 5.56 Å². The van der Waals surface area contributed by atoms with Crippen LogP contribution < -0.4 is 5.32 Å². The van der Waals surface area contributed by atoms with E-state index in [2.05, 4.69) is 12.2 Å². The topological polar surface area (TPSA) is 54.7 Å². The van der Waals surface area contributed by atoms with Crippen LogP contribution in [0.25, 0.3) is 0 Å². The van der Waals surface area contributed by atoms with E-state index in [1.807, 2.05) is 31.7 Å². The Morgan fingerprint density at radius 2 is 2.27 bits per heavy atom. The van der Waals surface area contributed by atoms with Gasteiger partial charge >= 0.3 is 6.09 Å². The van der Waals surface area contributed by atoms with Crippen molar-refractivity contribution in [1.82, 2.24) is 10.2 Å². The van der Waals surface area contributed by atoms with Gasteiger partial charge in [-0.3, -0.25) is 0 Å². The maximum Gasteiger partial charge on any atom is 0.410 e. The number of nitrogens with zero attached hydrogens (tertiary/aromatic N) is 1. The Hall–Kier alpha value is -1.49. The maximum absolute atomic E-state index is 12.5. The number of furan rings is 1. The standard InChI is InChI=1S/C17H26N2O3/c1-12-5-8-17(11-19(12)15(20)22-16(2,3)4)14-13(6-9-18-17)7-10-21-14/h7,10,12,18H,5-6,8-9,11H2,1-4H3. The van der Waals surface area contributed by atoms with Gasteiger partial charge in [-0.2, -0.15) is 0 Å². The van der Waals surface area contributed by atoms with E-state index in [4.69, 9.17) is 9.15 Å². The highest BCUT2D eigenvalue weighted by atomic mass is 16.6. The number of nitrogens with one attached hydrogen (secondary N) is 1. The molecule has 0 aliphatic carbocycles. The summed E-state index contributed by atoms with van der Waals surface area (Å²) in [5.74, 6) is 0.999. The number of fused-ring (bicyclic) bond motifs is 2. The Kier molecular flexibility index (Phi) is 3.71. The largest absolute Gasteiger partial charge is 0.467 e. The fraction of sp³-hybridized carbons (Fsp3) is 0.706. The Balaban J connectivity index is 1.84. The first kappa shape index (κ1) is 15.4. The maximum atomic E-state index is 12.5. The lowest BCUT2D eigenvalue weighted by molar-refractivity contribution is -0.00641. The van der Waals surface area contributed by atoms with Crippen LogP contribution in [0.5, 0.6) is 0 Å². The van der Waals surface area contributed by atoms with Crippen LogP contribution in [-0.2, 0) is 16.7 Å². The monoisotopic (exact) mass is 306 g/mol. The van der Waals surface area contributed by atoms with E-state index < -0.39 is 5.60 Å². The van der Waals surface area contributed by atoms with Gasteiger partial charge in [0, 0.05) is 19.1 Å². The highest BCUT2D eigenvalue weighted by Crippen LogP contribution is 2.39. The second-order valence-electron chi connectivity index (χ2n) is 7.53. The van der Waals surface area contributed by atoms with Gasteiger partial charge in [0.1, 0.15) is 11.4 Å². The van der Waals surface area contributed by atoms with Crippen molar-refractivity contribution in [2.45, 2.75) is 64.1 Å². The molecule has 1 aromatic rings. The number of hydrogen-bond donors (Lipinski definition) is 1. The summed E-state index contributed by atoms with van der Waals surface area (Å²) in [5, 5.41) is 3.60. The Morgan fingerprint density at radius 3 is 3.00 bits per heavy atom. The van der Waals surface area contributed by atoms with Crippen molar-refractivity contribution in [3.8, 4) is 0 Å². The predicted octanol–water partition coefficient (Wildman–Crippen LogP) is 3.04. The second kappa shape index (κ2) is 5.30.